The number of nitrogens with zero attached hydrogens (tertiary/aromatic N) is 2. The van der Waals surface area contributed by atoms with Gasteiger partial charge in [-0.15, -0.1) is 0 Å². The summed E-state index contributed by atoms with van der Waals surface area (Å²) in [5.74, 6) is 2.04. The average Bonchev–Trinajstić information content (AvgIpc) is 2.70. The molecule has 0 saturated carbocycles. The molecule has 1 atom stereocenters. The summed E-state index contributed by atoms with van der Waals surface area (Å²) in [6.45, 7) is 11.4. The van der Waals surface area contributed by atoms with Crippen molar-refractivity contribution in [1.82, 2.24) is 15.6 Å². The maximum atomic E-state index is 10.5. The minimum atomic E-state index is -0.656. The molecule has 0 spiro atoms. The van der Waals surface area contributed by atoms with Crippen LogP contribution in [0.15, 0.2) is 47.6 Å². The Kier molecular flexibility index (Phi) is 9.41. The van der Waals surface area contributed by atoms with E-state index in [1.807, 2.05) is 71.0 Å². The fourth-order valence-electron chi connectivity index (χ4n) is 2.68. The van der Waals surface area contributed by atoms with Gasteiger partial charge in [-0.05, 0) is 57.9 Å². The van der Waals surface area contributed by atoms with Gasteiger partial charge in [0.1, 0.15) is 5.75 Å². The van der Waals surface area contributed by atoms with Crippen LogP contribution in [0.4, 0.5) is 0 Å². The zero-order valence-electron chi connectivity index (χ0n) is 18.6. The number of guanidine groups is 1. The van der Waals surface area contributed by atoms with Crippen molar-refractivity contribution in [3.8, 4) is 11.6 Å². The van der Waals surface area contributed by atoms with Crippen LogP contribution in [0.5, 0.6) is 11.6 Å². The van der Waals surface area contributed by atoms with Crippen LogP contribution in [0.3, 0.4) is 0 Å². The van der Waals surface area contributed by atoms with Gasteiger partial charge in [-0.1, -0.05) is 18.2 Å². The van der Waals surface area contributed by atoms with Gasteiger partial charge in [0.05, 0.1) is 24.9 Å². The maximum absolute atomic E-state index is 10.5. The fraction of sp³-hybridized carbons (Fsp3) is 0.478. The van der Waals surface area contributed by atoms with Crippen molar-refractivity contribution < 1.29 is 14.6 Å². The molecule has 0 bridgehead atoms. The molecule has 2 rings (SSSR count). The van der Waals surface area contributed by atoms with Crippen molar-refractivity contribution >= 4 is 5.96 Å². The number of hydrogen-bond acceptors (Lipinski definition) is 5. The first kappa shape index (κ1) is 23.5. The zero-order chi connectivity index (χ0) is 21.9. The topological polar surface area (TPSA) is 88.0 Å². The molecule has 0 radical (unpaired) electrons. The lowest BCUT2D eigenvalue weighted by molar-refractivity contribution is 0.180. The largest absolute Gasteiger partial charge is 0.491 e. The van der Waals surface area contributed by atoms with E-state index >= 15 is 0 Å². The monoisotopic (exact) mass is 414 g/mol. The van der Waals surface area contributed by atoms with Crippen LogP contribution in [-0.2, 0) is 6.54 Å². The third-order valence-electron chi connectivity index (χ3n) is 4.02. The lowest BCUT2D eigenvalue weighted by Gasteiger charge is -2.16. The Morgan fingerprint density at radius 1 is 1.00 bits per heavy atom. The quantitative estimate of drug-likeness (QED) is 0.408. The number of nitrogens with one attached hydrogen (secondary N) is 2. The highest BCUT2D eigenvalue weighted by Gasteiger charge is 2.09. The predicted molar refractivity (Wildman–Crippen MR) is 120 cm³/mol. The molecule has 1 unspecified atom stereocenters. The number of aliphatic hydroxyl groups is 1. The fourth-order valence-corrected chi connectivity index (χ4v) is 2.68. The Morgan fingerprint density at radius 2 is 1.70 bits per heavy atom. The first-order valence-electron chi connectivity index (χ1n) is 10.5. The van der Waals surface area contributed by atoms with Crippen LogP contribution in [0.1, 0.15) is 51.8 Å². The highest BCUT2D eigenvalue weighted by molar-refractivity contribution is 5.79. The molecule has 0 aliphatic carbocycles. The number of aliphatic hydroxyl groups excluding tert-OH is 1. The summed E-state index contributed by atoms with van der Waals surface area (Å²) in [5.41, 5.74) is 1.80. The molecule has 0 saturated heterocycles. The molecule has 3 N–H and O–H groups in total. The molecule has 7 nitrogen and oxygen atoms in total. The molecule has 164 valence electrons. The summed E-state index contributed by atoms with van der Waals surface area (Å²) in [7, 11) is 0. The third-order valence-corrected chi connectivity index (χ3v) is 4.02. The highest BCUT2D eigenvalue weighted by Crippen LogP contribution is 2.18. The van der Waals surface area contributed by atoms with E-state index in [2.05, 4.69) is 20.6 Å². The van der Waals surface area contributed by atoms with Gasteiger partial charge in [0.2, 0.25) is 5.88 Å². The van der Waals surface area contributed by atoms with Crippen LogP contribution in [-0.4, -0.2) is 41.3 Å². The lowest BCUT2D eigenvalue weighted by Crippen LogP contribution is -2.39. The SMILES string of the molecule is CCNC(=NCc1ccc(OC(C)C)nc1)NCC(O)c1ccc(OC(C)C)cc1. The molecule has 7 heteroatoms. The molecule has 0 aliphatic rings. The summed E-state index contributed by atoms with van der Waals surface area (Å²) in [6, 6.07) is 11.3. The van der Waals surface area contributed by atoms with Gasteiger partial charge in [-0.3, -0.25) is 0 Å². The standard InChI is InChI=1S/C23H34N4O3/c1-6-24-23(26-14-18-7-12-22(25-13-18)30-17(4)5)27-15-21(28)19-8-10-20(11-9-19)29-16(2)3/h7-13,16-17,21,28H,6,14-15H2,1-5H3,(H2,24,26,27). The second-order valence-electron chi connectivity index (χ2n) is 7.50. The van der Waals surface area contributed by atoms with Crippen LogP contribution in [0.25, 0.3) is 0 Å². The Labute approximate surface area is 179 Å². The molecule has 30 heavy (non-hydrogen) atoms. The summed E-state index contributed by atoms with van der Waals surface area (Å²) in [5, 5.41) is 16.9. The first-order valence-corrected chi connectivity index (χ1v) is 10.5. The first-order chi connectivity index (χ1) is 14.4. The maximum Gasteiger partial charge on any atom is 0.213 e. The number of rotatable bonds is 10. The molecule has 1 aromatic carbocycles. The van der Waals surface area contributed by atoms with Crippen molar-refractivity contribution in [3.63, 3.8) is 0 Å². The van der Waals surface area contributed by atoms with E-state index in [1.165, 1.54) is 0 Å². The van der Waals surface area contributed by atoms with Crippen molar-refractivity contribution in [2.24, 2.45) is 4.99 Å². The normalized spacial score (nSPS) is 12.7. The Bertz CT molecular complexity index is 774. The van der Waals surface area contributed by atoms with Crippen molar-refractivity contribution in [3.05, 3.63) is 53.7 Å². The minimum absolute atomic E-state index is 0.0938. The van der Waals surface area contributed by atoms with E-state index in [1.54, 1.807) is 6.20 Å². The van der Waals surface area contributed by atoms with E-state index in [9.17, 15) is 5.11 Å². The van der Waals surface area contributed by atoms with Crippen molar-refractivity contribution in [1.29, 1.82) is 0 Å². The number of benzene rings is 1. The number of pyridine rings is 1. The van der Waals surface area contributed by atoms with E-state index in [0.717, 1.165) is 23.4 Å². The number of aromatic nitrogens is 1. The van der Waals surface area contributed by atoms with Crippen LogP contribution < -0.4 is 20.1 Å². The smallest absolute Gasteiger partial charge is 0.213 e. The van der Waals surface area contributed by atoms with Gasteiger partial charge < -0.3 is 25.2 Å². The second kappa shape index (κ2) is 12.0. The van der Waals surface area contributed by atoms with Gasteiger partial charge in [-0.2, -0.15) is 0 Å². The molecule has 2 aromatic rings. The van der Waals surface area contributed by atoms with E-state index in [0.29, 0.717) is 24.9 Å². The summed E-state index contributed by atoms with van der Waals surface area (Å²) in [6.07, 6.45) is 1.32. The molecular formula is C23H34N4O3. The Hall–Kier alpha value is -2.80. The Morgan fingerprint density at radius 3 is 2.27 bits per heavy atom. The van der Waals surface area contributed by atoms with Gasteiger partial charge in [0, 0.05) is 25.4 Å². The van der Waals surface area contributed by atoms with Crippen LogP contribution >= 0.6 is 0 Å². The van der Waals surface area contributed by atoms with Gasteiger partial charge in [-0.25, -0.2) is 9.98 Å². The summed E-state index contributed by atoms with van der Waals surface area (Å²) in [4.78, 5) is 8.87. The molecule has 0 aliphatic heterocycles. The van der Waals surface area contributed by atoms with E-state index in [4.69, 9.17) is 9.47 Å². The zero-order valence-corrected chi connectivity index (χ0v) is 18.6. The summed E-state index contributed by atoms with van der Waals surface area (Å²) < 4.78 is 11.2. The van der Waals surface area contributed by atoms with Crippen molar-refractivity contribution in [2.45, 2.75) is 59.5 Å². The van der Waals surface area contributed by atoms with Crippen LogP contribution in [0, 0.1) is 0 Å². The molecule has 0 amide bonds. The molecule has 1 heterocycles. The highest BCUT2D eigenvalue weighted by atomic mass is 16.5. The molecular weight excluding hydrogens is 380 g/mol. The van der Waals surface area contributed by atoms with E-state index < -0.39 is 6.10 Å². The van der Waals surface area contributed by atoms with E-state index in [-0.39, 0.29) is 12.2 Å². The van der Waals surface area contributed by atoms with Gasteiger partial charge in [0.15, 0.2) is 5.96 Å². The number of ether oxygens (including phenoxy) is 2. The Balaban J connectivity index is 1.91. The molecule has 1 aromatic heterocycles. The van der Waals surface area contributed by atoms with Crippen LogP contribution in [0.2, 0.25) is 0 Å². The number of hydrogen-bond donors (Lipinski definition) is 3. The van der Waals surface area contributed by atoms with Gasteiger partial charge >= 0.3 is 0 Å². The second-order valence-corrected chi connectivity index (χ2v) is 7.50. The van der Waals surface area contributed by atoms with Crippen molar-refractivity contribution in [2.75, 3.05) is 13.1 Å². The number of aliphatic imine (C=N–C) groups is 1. The predicted octanol–water partition coefficient (Wildman–Crippen LogP) is 3.44. The minimum Gasteiger partial charge on any atom is -0.491 e. The molecule has 0 fully saturated rings. The lowest BCUT2D eigenvalue weighted by atomic mass is 10.1. The summed E-state index contributed by atoms with van der Waals surface area (Å²) >= 11 is 0. The third kappa shape index (κ3) is 8.29. The van der Waals surface area contributed by atoms with Gasteiger partial charge in [0.25, 0.3) is 0 Å². The average molecular weight is 415 g/mol.